The number of amides is 1. The number of carbonyl (C=O) groups is 2. The molecule has 28 heavy (non-hydrogen) atoms. The van der Waals surface area contributed by atoms with Crippen molar-refractivity contribution < 1.29 is 23.8 Å². The molecular weight excluding hydrogens is 380 g/mol. The van der Waals surface area contributed by atoms with E-state index in [9.17, 15) is 9.59 Å². The minimum atomic E-state index is -0.470. The van der Waals surface area contributed by atoms with Gasteiger partial charge in [-0.25, -0.2) is 4.79 Å². The number of aromatic nitrogens is 1. The van der Waals surface area contributed by atoms with Gasteiger partial charge >= 0.3 is 5.97 Å². The fourth-order valence-corrected chi connectivity index (χ4v) is 3.84. The number of fused-ring (bicyclic) bond motifs is 1. The Morgan fingerprint density at radius 3 is 2.39 bits per heavy atom. The molecule has 1 heterocycles. The minimum Gasteiger partial charge on any atom is -0.496 e. The lowest BCUT2D eigenvalue weighted by molar-refractivity contribution is 0.0526. The Bertz CT molecular complexity index is 1090. The number of nitrogens with zero attached hydrogens (tertiary/aromatic N) is 2. The first kappa shape index (κ1) is 19.6. The molecule has 0 N–H and O–H groups in total. The van der Waals surface area contributed by atoms with Crippen LogP contribution in [-0.2, 0) is 11.8 Å². The molecule has 7 nitrogen and oxygen atoms in total. The van der Waals surface area contributed by atoms with Gasteiger partial charge in [0.1, 0.15) is 17.1 Å². The molecule has 8 heteroatoms. The van der Waals surface area contributed by atoms with E-state index in [1.165, 1.54) is 25.6 Å². The van der Waals surface area contributed by atoms with E-state index in [4.69, 9.17) is 14.2 Å². The second kappa shape index (κ2) is 8.26. The second-order valence-electron chi connectivity index (χ2n) is 5.80. The zero-order chi connectivity index (χ0) is 20.3. The third-order valence-electron chi connectivity index (χ3n) is 4.16. The van der Waals surface area contributed by atoms with E-state index in [-0.39, 0.29) is 11.5 Å². The highest BCUT2D eigenvalue weighted by atomic mass is 32.1. The molecule has 0 aliphatic carbocycles. The SMILES string of the molecule is CCOC(=O)c1ccc2c(c1)sc(=NC(=O)c1c(OC)cccc1OC)n2C. The molecule has 0 bridgehead atoms. The van der Waals surface area contributed by atoms with Gasteiger partial charge in [0.2, 0.25) is 0 Å². The molecule has 3 rings (SSSR count). The van der Waals surface area contributed by atoms with Crippen molar-refractivity contribution in [3.63, 3.8) is 0 Å². The molecule has 2 aromatic carbocycles. The topological polar surface area (TPSA) is 79.1 Å². The van der Waals surface area contributed by atoms with Crippen molar-refractivity contribution in [1.82, 2.24) is 4.57 Å². The number of methoxy groups -OCH3 is 2. The van der Waals surface area contributed by atoms with Gasteiger partial charge in [0.25, 0.3) is 5.91 Å². The summed E-state index contributed by atoms with van der Waals surface area (Å²) in [6, 6.07) is 10.4. The molecule has 0 saturated carbocycles. The number of rotatable bonds is 5. The Kier molecular flexibility index (Phi) is 5.79. The first-order valence-corrected chi connectivity index (χ1v) is 9.38. The van der Waals surface area contributed by atoms with Crippen LogP contribution in [0.4, 0.5) is 0 Å². The lowest BCUT2D eigenvalue weighted by Gasteiger charge is -2.09. The molecule has 0 atom stereocenters. The van der Waals surface area contributed by atoms with Crippen molar-refractivity contribution in [2.75, 3.05) is 20.8 Å². The van der Waals surface area contributed by atoms with Crippen LogP contribution in [0.5, 0.6) is 11.5 Å². The van der Waals surface area contributed by atoms with Gasteiger partial charge in [0.05, 0.1) is 36.6 Å². The molecule has 0 unspecified atom stereocenters. The van der Waals surface area contributed by atoms with Crippen molar-refractivity contribution in [1.29, 1.82) is 0 Å². The summed E-state index contributed by atoms with van der Waals surface area (Å²) in [5, 5.41) is 0. The van der Waals surface area contributed by atoms with E-state index in [2.05, 4.69) is 4.99 Å². The predicted octanol–water partition coefficient (Wildman–Crippen LogP) is 3.17. The molecule has 3 aromatic rings. The van der Waals surface area contributed by atoms with Crippen molar-refractivity contribution >= 4 is 33.4 Å². The Hall–Kier alpha value is -3.13. The smallest absolute Gasteiger partial charge is 0.338 e. The van der Waals surface area contributed by atoms with Gasteiger partial charge in [-0.15, -0.1) is 0 Å². The minimum absolute atomic E-state index is 0.261. The number of thiazole rings is 1. The largest absolute Gasteiger partial charge is 0.496 e. The Morgan fingerprint density at radius 1 is 1.11 bits per heavy atom. The maximum Gasteiger partial charge on any atom is 0.338 e. The highest BCUT2D eigenvalue weighted by Gasteiger charge is 2.18. The molecule has 0 saturated heterocycles. The fraction of sp³-hybridized carbons (Fsp3) is 0.250. The van der Waals surface area contributed by atoms with E-state index in [1.807, 2.05) is 13.1 Å². The second-order valence-corrected chi connectivity index (χ2v) is 6.81. The zero-order valence-corrected chi connectivity index (χ0v) is 16.8. The van der Waals surface area contributed by atoms with Gasteiger partial charge in [-0.1, -0.05) is 17.4 Å². The monoisotopic (exact) mass is 400 g/mol. The van der Waals surface area contributed by atoms with Gasteiger partial charge in [0, 0.05) is 7.05 Å². The Labute approximate surface area is 165 Å². The summed E-state index contributed by atoms with van der Waals surface area (Å²) >= 11 is 1.31. The maximum absolute atomic E-state index is 12.9. The molecule has 1 aromatic heterocycles. The first-order valence-electron chi connectivity index (χ1n) is 8.56. The van der Waals surface area contributed by atoms with Gasteiger partial charge in [0.15, 0.2) is 4.80 Å². The van der Waals surface area contributed by atoms with Crippen LogP contribution in [0.1, 0.15) is 27.6 Å². The summed E-state index contributed by atoms with van der Waals surface area (Å²) in [4.78, 5) is 29.6. The van der Waals surface area contributed by atoms with Crippen molar-refractivity contribution in [2.24, 2.45) is 12.0 Å². The third-order valence-corrected chi connectivity index (χ3v) is 5.25. The summed E-state index contributed by atoms with van der Waals surface area (Å²) in [6.45, 7) is 2.07. The lowest BCUT2D eigenvalue weighted by Crippen LogP contribution is -2.14. The number of benzene rings is 2. The van der Waals surface area contributed by atoms with Gasteiger partial charge in [-0.05, 0) is 37.3 Å². The van der Waals surface area contributed by atoms with Crippen LogP contribution in [0.2, 0.25) is 0 Å². The van der Waals surface area contributed by atoms with Gasteiger partial charge in [-0.3, -0.25) is 4.79 Å². The molecule has 0 aliphatic rings. The van der Waals surface area contributed by atoms with E-state index in [0.29, 0.717) is 28.5 Å². The van der Waals surface area contributed by atoms with Crippen molar-refractivity contribution in [3.8, 4) is 11.5 Å². The Morgan fingerprint density at radius 2 is 1.79 bits per heavy atom. The molecular formula is C20H20N2O5S. The highest BCUT2D eigenvalue weighted by molar-refractivity contribution is 7.16. The van der Waals surface area contributed by atoms with E-state index in [1.54, 1.807) is 41.8 Å². The standard InChI is InChI=1S/C20H20N2O5S/c1-5-27-19(24)12-9-10-13-16(11-12)28-20(22(13)2)21-18(23)17-14(25-3)7-6-8-15(17)26-4/h6-11H,5H2,1-4H3. The van der Waals surface area contributed by atoms with Crippen molar-refractivity contribution in [2.45, 2.75) is 6.92 Å². The van der Waals surface area contributed by atoms with Crippen LogP contribution < -0.4 is 14.3 Å². The number of carbonyl (C=O) groups excluding carboxylic acids is 2. The summed E-state index contributed by atoms with van der Waals surface area (Å²) in [5.41, 5.74) is 1.58. The highest BCUT2D eigenvalue weighted by Crippen LogP contribution is 2.29. The molecule has 0 aliphatic heterocycles. The van der Waals surface area contributed by atoms with E-state index >= 15 is 0 Å². The fourth-order valence-electron chi connectivity index (χ4n) is 2.79. The third kappa shape index (κ3) is 3.63. The van der Waals surface area contributed by atoms with Crippen LogP contribution in [0.3, 0.4) is 0 Å². The normalized spacial score (nSPS) is 11.5. The maximum atomic E-state index is 12.9. The van der Waals surface area contributed by atoms with Crippen molar-refractivity contribution in [3.05, 3.63) is 52.3 Å². The zero-order valence-electron chi connectivity index (χ0n) is 16.0. The summed E-state index contributed by atoms with van der Waals surface area (Å²) in [7, 11) is 4.79. The van der Waals surface area contributed by atoms with Crippen LogP contribution in [0, 0.1) is 0 Å². The van der Waals surface area contributed by atoms with Gasteiger partial charge < -0.3 is 18.8 Å². The quantitative estimate of drug-likeness (QED) is 0.615. The summed E-state index contributed by atoms with van der Waals surface area (Å²) in [6.07, 6.45) is 0. The number of hydrogen-bond donors (Lipinski definition) is 0. The average Bonchev–Trinajstić information content (AvgIpc) is 3.02. The van der Waals surface area contributed by atoms with E-state index in [0.717, 1.165) is 10.2 Å². The number of ether oxygens (including phenoxy) is 3. The van der Waals surface area contributed by atoms with Crippen LogP contribution in [0.15, 0.2) is 41.4 Å². The number of hydrogen-bond acceptors (Lipinski definition) is 6. The average molecular weight is 400 g/mol. The van der Waals surface area contributed by atoms with Crippen LogP contribution in [0.25, 0.3) is 10.2 Å². The lowest BCUT2D eigenvalue weighted by atomic mass is 10.1. The van der Waals surface area contributed by atoms with Gasteiger partial charge in [-0.2, -0.15) is 4.99 Å². The molecule has 1 amide bonds. The first-order chi connectivity index (χ1) is 13.5. The Balaban J connectivity index is 2.09. The molecule has 0 radical (unpaired) electrons. The molecule has 0 fully saturated rings. The number of aryl methyl sites for hydroxylation is 1. The number of esters is 1. The summed E-state index contributed by atoms with van der Waals surface area (Å²) in [5.74, 6) is -0.0706. The van der Waals surface area contributed by atoms with Crippen LogP contribution >= 0.6 is 11.3 Å². The molecule has 146 valence electrons. The summed E-state index contributed by atoms with van der Waals surface area (Å²) < 4.78 is 18.2. The predicted molar refractivity (Wildman–Crippen MR) is 106 cm³/mol. The van der Waals surface area contributed by atoms with E-state index < -0.39 is 5.91 Å². The molecule has 0 spiro atoms. The van der Waals surface area contributed by atoms with Crippen LogP contribution in [-0.4, -0.2) is 37.3 Å².